The minimum absolute atomic E-state index is 0.00795. The first kappa shape index (κ1) is 29.5. The van der Waals surface area contributed by atoms with E-state index in [1.54, 1.807) is 45.8 Å². The number of nitrogens with one attached hydrogen (secondary N) is 2. The lowest BCUT2D eigenvalue weighted by atomic mass is 9.96. The van der Waals surface area contributed by atoms with E-state index in [0.717, 1.165) is 18.4 Å². The molecule has 0 aliphatic carbocycles. The Bertz CT molecular complexity index is 1870. The number of aryl methyl sites for hydroxylation is 1. The molecule has 13 heteroatoms. The second-order valence-electron chi connectivity index (χ2n) is 10.7. The summed E-state index contributed by atoms with van der Waals surface area (Å²) < 4.78 is 37.3. The van der Waals surface area contributed by atoms with Crippen LogP contribution in [0.1, 0.15) is 28.8 Å². The number of imidazole rings is 1. The average molecular weight is 614 g/mol. The monoisotopic (exact) mass is 613 g/mol. The molecule has 2 amide bonds. The van der Waals surface area contributed by atoms with Crippen LogP contribution in [0.5, 0.6) is 11.6 Å². The van der Waals surface area contributed by atoms with E-state index in [0.29, 0.717) is 48.0 Å². The van der Waals surface area contributed by atoms with Crippen molar-refractivity contribution in [1.82, 2.24) is 29.6 Å². The lowest BCUT2D eigenvalue weighted by molar-refractivity contribution is 0.0688. The van der Waals surface area contributed by atoms with Crippen LogP contribution < -0.4 is 15.4 Å². The Labute approximate surface area is 256 Å². The van der Waals surface area contributed by atoms with Gasteiger partial charge in [0.2, 0.25) is 11.7 Å². The average Bonchev–Trinajstić information content (AvgIpc) is 3.48. The van der Waals surface area contributed by atoms with Gasteiger partial charge in [-0.05, 0) is 67.6 Å². The van der Waals surface area contributed by atoms with Crippen LogP contribution in [0, 0.1) is 24.5 Å². The zero-order chi connectivity index (χ0) is 31.5. The summed E-state index contributed by atoms with van der Waals surface area (Å²) in [5, 5.41) is 14.5. The number of fused-ring (bicyclic) bond motifs is 1. The smallest absolute Gasteiger partial charge is 0.404 e. The quantitative estimate of drug-likeness (QED) is 0.193. The van der Waals surface area contributed by atoms with E-state index < -0.39 is 17.7 Å². The minimum Gasteiger partial charge on any atom is -0.465 e. The van der Waals surface area contributed by atoms with E-state index >= 15 is 4.39 Å². The highest BCUT2D eigenvalue weighted by Crippen LogP contribution is 2.33. The van der Waals surface area contributed by atoms with Crippen molar-refractivity contribution in [3.05, 3.63) is 96.1 Å². The summed E-state index contributed by atoms with van der Waals surface area (Å²) in [5.41, 5.74) is 2.70. The Kier molecular flexibility index (Phi) is 8.23. The Morgan fingerprint density at radius 1 is 1.02 bits per heavy atom. The summed E-state index contributed by atoms with van der Waals surface area (Å²) in [4.78, 5) is 38.6. The van der Waals surface area contributed by atoms with E-state index in [4.69, 9.17) is 9.84 Å². The third-order valence-electron chi connectivity index (χ3n) is 7.77. The molecule has 1 aliphatic heterocycles. The van der Waals surface area contributed by atoms with E-state index in [1.165, 1.54) is 30.7 Å². The molecule has 230 valence electrons. The van der Waals surface area contributed by atoms with E-state index in [1.807, 2.05) is 13.0 Å². The van der Waals surface area contributed by atoms with E-state index in [9.17, 15) is 14.0 Å². The molecule has 4 heterocycles. The summed E-state index contributed by atoms with van der Waals surface area (Å²) in [6.07, 6.45) is 6.47. The standard InChI is InChI=1S/C32H29F2N7O4/c1-19-16-21(5-6-22(19)31(42)40-13-9-20(10-14-40)17-38-32(43)44)39-29-30-37-18-24(41(30)15-12-36-29)23-7-8-25(28(34)27(23)33)45-26-4-2-3-11-35-26/h2-8,11-12,15-16,18,20,38H,9-10,13-14,17H2,1H3,(H,36,39)(H,43,44). The summed E-state index contributed by atoms with van der Waals surface area (Å²) in [6.45, 7) is 3.35. The fourth-order valence-corrected chi connectivity index (χ4v) is 5.40. The maximum atomic E-state index is 15.3. The lowest BCUT2D eigenvalue weighted by Gasteiger charge is -2.32. The summed E-state index contributed by atoms with van der Waals surface area (Å²) in [7, 11) is 0. The topological polar surface area (TPSA) is 134 Å². The van der Waals surface area contributed by atoms with Crippen LogP contribution in [-0.4, -0.2) is 61.0 Å². The van der Waals surface area contributed by atoms with Crippen LogP contribution >= 0.6 is 0 Å². The first-order valence-corrected chi connectivity index (χ1v) is 14.3. The maximum Gasteiger partial charge on any atom is 0.404 e. The Morgan fingerprint density at radius 2 is 1.84 bits per heavy atom. The van der Waals surface area contributed by atoms with Crippen molar-refractivity contribution in [2.75, 3.05) is 25.0 Å². The van der Waals surface area contributed by atoms with Crippen molar-refractivity contribution in [2.24, 2.45) is 5.92 Å². The third-order valence-corrected chi connectivity index (χ3v) is 7.77. The largest absolute Gasteiger partial charge is 0.465 e. The summed E-state index contributed by atoms with van der Waals surface area (Å²) >= 11 is 0. The van der Waals surface area contributed by atoms with Crippen LogP contribution in [0.25, 0.3) is 16.9 Å². The summed E-state index contributed by atoms with van der Waals surface area (Å²) in [6, 6.07) is 13.0. The molecule has 0 unspecified atom stereocenters. The maximum absolute atomic E-state index is 15.3. The fraction of sp³-hybridized carbons (Fsp3) is 0.219. The second-order valence-corrected chi connectivity index (χ2v) is 10.7. The molecule has 0 saturated carbocycles. The Morgan fingerprint density at radius 3 is 2.58 bits per heavy atom. The van der Waals surface area contributed by atoms with E-state index in [-0.39, 0.29) is 29.0 Å². The molecule has 2 aromatic carbocycles. The minimum atomic E-state index is -1.15. The van der Waals surface area contributed by atoms with Crippen molar-refractivity contribution in [2.45, 2.75) is 19.8 Å². The number of carbonyl (C=O) groups excluding carboxylic acids is 1. The van der Waals surface area contributed by atoms with Crippen LogP contribution in [0.4, 0.5) is 25.1 Å². The van der Waals surface area contributed by atoms with Gasteiger partial charge in [-0.2, -0.15) is 4.39 Å². The Balaban J connectivity index is 1.18. The first-order valence-electron chi connectivity index (χ1n) is 14.3. The molecule has 0 spiro atoms. The number of rotatable bonds is 8. The van der Waals surface area contributed by atoms with Gasteiger partial charge in [-0.1, -0.05) is 6.07 Å². The molecule has 6 rings (SSSR count). The van der Waals surface area contributed by atoms with Gasteiger partial charge >= 0.3 is 6.09 Å². The van der Waals surface area contributed by atoms with Gasteiger partial charge in [0.15, 0.2) is 23.0 Å². The van der Waals surface area contributed by atoms with Crippen molar-refractivity contribution >= 4 is 29.2 Å². The molecule has 1 aliphatic rings. The Hall–Kier alpha value is -5.59. The number of piperidine rings is 1. The SMILES string of the molecule is Cc1cc(Nc2nccn3c(-c4ccc(Oc5ccccn5)c(F)c4F)cnc23)ccc1C(=O)N1CCC(CNC(=O)O)CC1. The van der Waals surface area contributed by atoms with Gasteiger partial charge in [-0.25, -0.2) is 24.1 Å². The lowest BCUT2D eigenvalue weighted by Crippen LogP contribution is -2.41. The van der Waals surface area contributed by atoms with Crippen LogP contribution in [0.15, 0.2) is 73.3 Å². The molecular formula is C32H29F2N7O4. The number of aromatic nitrogens is 4. The van der Waals surface area contributed by atoms with Crippen LogP contribution in [-0.2, 0) is 0 Å². The molecule has 0 radical (unpaired) electrons. The molecule has 1 saturated heterocycles. The number of likely N-dealkylation sites (tertiary alicyclic amines) is 1. The van der Waals surface area contributed by atoms with Crippen LogP contribution in [0.2, 0.25) is 0 Å². The molecule has 11 nitrogen and oxygen atoms in total. The molecule has 3 N–H and O–H groups in total. The molecule has 0 atom stereocenters. The van der Waals surface area contributed by atoms with Crippen LogP contribution in [0.3, 0.4) is 0 Å². The zero-order valence-electron chi connectivity index (χ0n) is 24.2. The predicted octanol–water partition coefficient (Wildman–Crippen LogP) is 6.03. The zero-order valence-corrected chi connectivity index (χ0v) is 24.2. The van der Waals surface area contributed by atoms with Crippen molar-refractivity contribution in [3.8, 4) is 22.9 Å². The van der Waals surface area contributed by atoms with Gasteiger partial charge in [0.25, 0.3) is 5.91 Å². The second kappa shape index (κ2) is 12.6. The number of nitrogens with zero attached hydrogens (tertiary/aromatic N) is 5. The highest BCUT2D eigenvalue weighted by molar-refractivity contribution is 5.96. The van der Waals surface area contributed by atoms with E-state index in [2.05, 4.69) is 25.6 Å². The molecule has 0 bridgehead atoms. The number of hydrogen-bond acceptors (Lipinski definition) is 7. The van der Waals surface area contributed by atoms with Gasteiger partial charge in [-0.15, -0.1) is 0 Å². The predicted molar refractivity (Wildman–Crippen MR) is 162 cm³/mol. The number of amides is 2. The van der Waals surface area contributed by atoms with Crippen molar-refractivity contribution in [1.29, 1.82) is 0 Å². The number of benzene rings is 2. The van der Waals surface area contributed by atoms with Crippen molar-refractivity contribution in [3.63, 3.8) is 0 Å². The molecular weight excluding hydrogens is 584 g/mol. The molecule has 5 aromatic rings. The number of anilines is 2. The fourth-order valence-electron chi connectivity index (χ4n) is 5.40. The van der Waals surface area contributed by atoms with Crippen molar-refractivity contribution < 1.29 is 28.2 Å². The molecule has 1 fully saturated rings. The van der Waals surface area contributed by atoms with Gasteiger partial charge in [-0.3, -0.25) is 9.20 Å². The number of pyridine rings is 1. The molecule has 3 aromatic heterocycles. The number of halogens is 2. The van der Waals surface area contributed by atoms with Gasteiger partial charge in [0.1, 0.15) is 0 Å². The number of carboxylic acid groups (broad SMARTS) is 1. The first-order chi connectivity index (χ1) is 21.8. The number of carbonyl (C=O) groups is 2. The number of ether oxygens (including phenoxy) is 1. The number of hydrogen-bond donors (Lipinski definition) is 3. The summed E-state index contributed by atoms with van der Waals surface area (Å²) in [5.74, 6) is -1.87. The van der Waals surface area contributed by atoms with Gasteiger partial charge < -0.3 is 25.4 Å². The third kappa shape index (κ3) is 6.23. The molecule has 45 heavy (non-hydrogen) atoms. The highest BCUT2D eigenvalue weighted by atomic mass is 19.2. The highest BCUT2D eigenvalue weighted by Gasteiger charge is 2.25. The normalized spacial score (nSPS) is 13.5. The van der Waals surface area contributed by atoms with Gasteiger partial charge in [0, 0.05) is 61.1 Å². The van der Waals surface area contributed by atoms with Gasteiger partial charge in [0.05, 0.1) is 11.9 Å².